The molecule has 0 unspecified atom stereocenters. The van der Waals surface area contributed by atoms with Crippen molar-refractivity contribution in [2.75, 3.05) is 0 Å². The van der Waals surface area contributed by atoms with Crippen LogP contribution in [-0.2, 0) is 6.42 Å². The van der Waals surface area contributed by atoms with E-state index in [0.717, 1.165) is 24.2 Å². The summed E-state index contributed by atoms with van der Waals surface area (Å²) in [5, 5.41) is 8.89. The summed E-state index contributed by atoms with van der Waals surface area (Å²) in [6, 6.07) is 7.52. The molecule has 0 fully saturated rings. The smallest absolute Gasteiger partial charge is 0.263 e. The van der Waals surface area contributed by atoms with Gasteiger partial charge in [0.05, 0.1) is 5.02 Å². The highest BCUT2D eigenvalue weighted by molar-refractivity contribution is 6.33. The van der Waals surface area contributed by atoms with Crippen molar-refractivity contribution in [1.82, 2.24) is 15.3 Å². The molecule has 0 N–H and O–H groups in total. The molecule has 2 aromatic heterocycles. The Kier molecular flexibility index (Phi) is 7.04. The third-order valence-corrected chi connectivity index (χ3v) is 5.01. The fourth-order valence-corrected chi connectivity index (χ4v) is 3.38. The molecule has 6 heteroatoms. The van der Waals surface area contributed by atoms with Crippen molar-refractivity contribution < 1.29 is 9.05 Å². The maximum atomic E-state index is 6.31. The standard InChI is InChI=1S/C21H26ClN3O2/c1-3-4-5-6-7-8-9-14-18-23-21(27-24-18)19-15(2)26-25-20(19)16-12-10-11-13-17(16)22/h10-13H,3-9,14H2,1-2H3. The van der Waals surface area contributed by atoms with Crippen molar-refractivity contribution in [1.29, 1.82) is 0 Å². The second-order valence-corrected chi connectivity index (χ2v) is 7.24. The molecule has 0 amide bonds. The van der Waals surface area contributed by atoms with E-state index in [2.05, 4.69) is 22.2 Å². The zero-order valence-corrected chi connectivity index (χ0v) is 16.8. The van der Waals surface area contributed by atoms with Gasteiger partial charge in [-0.1, -0.05) is 85.6 Å². The molecule has 0 saturated carbocycles. The van der Waals surface area contributed by atoms with Gasteiger partial charge in [0, 0.05) is 12.0 Å². The van der Waals surface area contributed by atoms with Crippen molar-refractivity contribution in [3.05, 3.63) is 40.9 Å². The molecule has 3 rings (SSSR count). The number of hydrogen-bond donors (Lipinski definition) is 0. The molecule has 2 heterocycles. The number of rotatable bonds is 10. The van der Waals surface area contributed by atoms with Crippen LogP contribution >= 0.6 is 11.6 Å². The second kappa shape index (κ2) is 9.70. The molecule has 27 heavy (non-hydrogen) atoms. The molecule has 0 saturated heterocycles. The number of nitrogens with zero attached hydrogens (tertiary/aromatic N) is 3. The molecular formula is C21H26ClN3O2. The first kappa shape index (κ1) is 19.6. The third kappa shape index (κ3) is 4.98. The van der Waals surface area contributed by atoms with Crippen molar-refractivity contribution in [2.45, 2.75) is 65.2 Å². The molecule has 0 aliphatic carbocycles. The van der Waals surface area contributed by atoms with E-state index in [9.17, 15) is 0 Å². The van der Waals surface area contributed by atoms with E-state index in [1.54, 1.807) is 0 Å². The van der Waals surface area contributed by atoms with Gasteiger partial charge in [-0.15, -0.1) is 0 Å². The van der Waals surface area contributed by atoms with Gasteiger partial charge in [0.2, 0.25) is 0 Å². The van der Waals surface area contributed by atoms with Crippen LogP contribution in [-0.4, -0.2) is 15.3 Å². The van der Waals surface area contributed by atoms with Crippen LogP contribution in [0.4, 0.5) is 0 Å². The van der Waals surface area contributed by atoms with Crippen LogP contribution in [0, 0.1) is 6.92 Å². The summed E-state index contributed by atoms with van der Waals surface area (Å²) in [5.74, 6) is 1.79. The molecule has 0 radical (unpaired) electrons. The monoisotopic (exact) mass is 387 g/mol. The van der Waals surface area contributed by atoms with Gasteiger partial charge < -0.3 is 9.05 Å². The number of aryl methyl sites for hydroxylation is 2. The summed E-state index contributed by atoms with van der Waals surface area (Å²) >= 11 is 6.31. The topological polar surface area (TPSA) is 65.0 Å². The number of hydrogen-bond acceptors (Lipinski definition) is 5. The lowest BCUT2D eigenvalue weighted by Crippen LogP contribution is -1.90. The Hall–Kier alpha value is -2.14. The summed E-state index contributed by atoms with van der Waals surface area (Å²) < 4.78 is 10.9. The van der Waals surface area contributed by atoms with Crippen LogP contribution in [0.3, 0.4) is 0 Å². The fraction of sp³-hybridized carbons (Fsp3) is 0.476. The molecular weight excluding hydrogens is 362 g/mol. The fourth-order valence-electron chi connectivity index (χ4n) is 3.16. The molecule has 0 aliphatic heterocycles. The Labute approximate surface area is 165 Å². The van der Waals surface area contributed by atoms with Crippen molar-refractivity contribution in [3.8, 4) is 22.7 Å². The molecule has 3 aromatic rings. The largest absolute Gasteiger partial charge is 0.360 e. The van der Waals surface area contributed by atoms with Gasteiger partial charge >= 0.3 is 0 Å². The Morgan fingerprint density at radius 2 is 1.67 bits per heavy atom. The summed E-state index contributed by atoms with van der Waals surface area (Å²) in [5.41, 5.74) is 2.13. The molecule has 1 aromatic carbocycles. The lowest BCUT2D eigenvalue weighted by molar-refractivity contribution is 0.397. The maximum Gasteiger partial charge on any atom is 0.263 e. The van der Waals surface area contributed by atoms with Crippen LogP contribution in [0.5, 0.6) is 0 Å². The van der Waals surface area contributed by atoms with Gasteiger partial charge in [-0.3, -0.25) is 0 Å². The minimum absolute atomic E-state index is 0.432. The van der Waals surface area contributed by atoms with E-state index >= 15 is 0 Å². The quantitative estimate of drug-likeness (QED) is 0.364. The maximum absolute atomic E-state index is 6.31. The molecule has 0 aliphatic rings. The summed E-state index contributed by atoms with van der Waals surface area (Å²) in [4.78, 5) is 4.56. The molecule has 5 nitrogen and oxygen atoms in total. The van der Waals surface area contributed by atoms with E-state index in [4.69, 9.17) is 20.6 Å². The highest BCUT2D eigenvalue weighted by Gasteiger charge is 2.23. The Balaban J connectivity index is 1.65. The Morgan fingerprint density at radius 3 is 2.44 bits per heavy atom. The highest BCUT2D eigenvalue weighted by Crippen LogP contribution is 2.36. The van der Waals surface area contributed by atoms with Crippen LogP contribution in [0.2, 0.25) is 5.02 Å². The predicted molar refractivity (Wildman–Crippen MR) is 107 cm³/mol. The van der Waals surface area contributed by atoms with Crippen LogP contribution in [0.15, 0.2) is 33.3 Å². The van der Waals surface area contributed by atoms with Crippen molar-refractivity contribution in [3.63, 3.8) is 0 Å². The zero-order chi connectivity index (χ0) is 19.1. The summed E-state index contributed by atoms with van der Waals surface area (Å²) in [7, 11) is 0. The van der Waals surface area contributed by atoms with Gasteiger partial charge in [-0.25, -0.2) is 0 Å². The first-order chi connectivity index (χ1) is 13.2. The number of unbranched alkanes of at least 4 members (excludes halogenated alkanes) is 6. The Bertz CT molecular complexity index is 857. The van der Waals surface area contributed by atoms with Gasteiger partial charge in [0.1, 0.15) is 17.0 Å². The van der Waals surface area contributed by atoms with Gasteiger partial charge in [-0.2, -0.15) is 4.98 Å². The van der Waals surface area contributed by atoms with Crippen molar-refractivity contribution in [2.24, 2.45) is 0 Å². The zero-order valence-electron chi connectivity index (χ0n) is 16.0. The SMILES string of the molecule is CCCCCCCCCc1noc(-c2c(-c3ccccc3Cl)noc2C)n1. The number of halogens is 1. The number of benzene rings is 1. The van der Waals surface area contributed by atoms with Gasteiger partial charge in [0.25, 0.3) is 5.89 Å². The predicted octanol–water partition coefficient (Wildman–Crippen LogP) is 6.65. The first-order valence-corrected chi connectivity index (χ1v) is 10.1. The molecule has 0 atom stereocenters. The Morgan fingerprint density at radius 1 is 0.926 bits per heavy atom. The third-order valence-electron chi connectivity index (χ3n) is 4.68. The van der Waals surface area contributed by atoms with E-state index in [0.29, 0.717) is 27.9 Å². The van der Waals surface area contributed by atoms with Crippen molar-refractivity contribution >= 4 is 11.6 Å². The van der Waals surface area contributed by atoms with Gasteiger partial charge in [0.15, 0.2) is 5.82 Å². The van der Waals surface area contributed by atoms with E-state index in [1.165, 1.54) is 38.5 Å². The summed E-state index contributed by atoms with van der Waals surface area (Å²) in [6.45, 7) is 4.07. The highest BCUT2D eigenvalue weighted by atomic mass is 35.5. The normalized spacial score (nSPS) is 11.2. The molecule has 144 valence electrons. The second-order valence-electron chi connectivity index (χ2n) is 6.83. The minimum Gasteiger partial charge on any atom is -0.360 e. The van der Waals surface area contributed by atoms with E-state index in [-0.39, 0.29) is 0 Å². The van der Waals surface area contributed by atoms with Gasteiger partial charge in [-0.05, 0) is 19.4 Å². The first-order valence-electron chi connectivity index (χ1n) is 9.74. The van der Waals surface area contributed by atoms with Crippen LogP contribution < -0.4 is 0 Å². The van der Waals surface area contributed by atoms with E-state index < -0.39 is 0 Å². The van der Waals surface area contributed by atoms with Crippen LogP contribution in [0.1, 0.15) is 63.5 Å². The lowest BCUT2D eigenvalue weighted by atomic mass is 10.1. The molecule has 0 bridgehead atoms. The lowest BCUT2D eigenvalue weighted by Gasteiger charge is -2.01. The van der Waals surface area contributed by atoms with Crippen LogP contribution in [0.25, 0.3) is 22.7 Å². The summed E-state index contributed by atoms with van der Waals surface area (Å²) in [6.07, 6.45) is 9.63. The average molecular weight is 388 g/mol. The molecule has 0 spiro atoms. The average Bonchev–Trinajstić information content (AvgIpc) is 3.27. The minimum atomic E-state index is 0.432. The van der Waals surface area contributed by atoms with E-state index in [1.807, 2.05) is 31.2 Å². The number of aromatic nitrogens is 3.